The predicted octanol–water partition coefficient (Wildman–Crippen LogP) is 4.20. The Morgan fingerprint density at radius 1 is 0.970 bits per heavy atom. The number of hydrogen-bond acceptors (Lipinski definition) is 5. The molecule has 168 valence electrons. The van der Waals surface area contributed by atoms with Crippen LogP contribution in [0.1, 0.15) is 30.9 Å². The van der Waals surface area contributed by atoms with Gasteiger partial charge in [-0.05, 0) is 66.3 Å². The maximum atomic E-state index is 13.1. The van der Waals surface area contributed by atoms with Gasteiger partial charge in [-0.1, -0.05) is 42.5 Å². The molecule has 6 nitrogen and oxygen atoms in total. The molecule has 1 aliphatic heterocycles. The van der Waals surface area contributed by atoms with E-state index in [2.05, 4.69) is 17.3 Å². The van der Waals surface area contributed by atoms with Gasteiger partial charge in [0.1, 0.15) is 6.61 Å². The van der Waals surface area contributed by atoms with Crippen LogP contribution in [-0.4, -0.2) is 29.6 Å². The lowest BCUT2D eigenvalue weighted by Gasteiger charge is -2.18. The third-order valence-electron chi connectivity index (χ3n) is 7.66. The highest BCUT2D eigenvalue weighted by Gasteiger charge is 2.73. The van der Waals surface area contributed by atoms with Gasteiger partial charge in [-0.25, -0.2) is 0 Å². The molecule has 6 rings (SSSR count). The smallest absolute Gasteiger partial charge is 0.254 e. The Morgan fingerprint density at radius 2 is 1.67 bits per heavy atom. The van der Waals surface area contributed by atoms with E-state index in [1.165, 1.54) is 0 Å². The standard InChI is InChI=1S/C27H26N2O4/c1-2-32-22-14-18(8-11-21(22)33-16-17-6-4-3-5-7-17)15-28-29-25(30)23-19-9-10-20(24(23)26(29)31)27(19)12-13-27/h3-11,14-15,19-20,23-24H,2,12-13,16H2,1H3/b28-15-/t19-,20-,23+,24+/m1/s1. The second-order valence-electron chi connectivity index (χ2n) is 9.37. The molecule has 0 unspecified atom stereocenters. The van der Waals surface area contributed by atoms with E-state index < -0.39 is 0 Å². The molecule has 1 heterocycles. The molecule has 1 spiro atoms. The fourth-order valence-electron chi connectivity index (χ4n) is 6.03. The van der Waals surface area contributed by atoms with E-state index in [0.29, 0.717) is 24.7 Å². The Balaban J connectivity index is 1.19. The molecule has 3 fully saturated rings. The molecule has 0 N–H and O–H groups in total. The summed E-state index contributed by atoms with van der Waals surface area (Å²) in [4.78, 5) is 26.2. The lowest BCUT2D eigenvalue weighted by atomic mass is 9.85. The first-order valence-electron chi connectivity index (χ1n) is 11.7. The van der Waals surface area contributed by atoms with Gasteiger partial charge in [-0.2, -0.15) is 10.1 Å². The van der Waals surface area contributed by atoms with Crippen LogP contribution in [0.3, 0.4) is 0 Å². The highest BCUT2D eigenvalue weighted by atomic mass is 16.5. The average Bonchev–Trinajstić information content (AvgIpc) is 3.43. The number of hydrazone groups is 1. The zero-order valence-corrected chi connectivity index (χ0v) is 18.5. The van der Waals surface area contributed by atoms with Crippen LogP contribution in [0.25, 0.3) is 0 Å². The minimum atomic E-state index is -0.236. The van der Waals surface area contributed by atoms with Crippen LogP contribution in [0.5, 0.6) is 11.5 Å². The van der Waals surface area contributed by atoms with Crippen molar-refractivity contribution >= 4 is 18.0 Å². The van der Waals surface area contributed by atoms with Gasteiger partial charge in [0.25, 0.3) is 11.8 Å². The van der Waals surface area contributed by atoms with Crippen LogP contribution in [0.15, 0.2) is 65.8 Å². The van der Waals surface area contributed by atoms with Crippen LogP contribution in [0, 0.1) is 29.1 Å². The van der Waals surface area contributed by atoms with Gasteiger partial charge in [-0.3, -0.25) is 9.59 Å². The highest BCUT2D eigenvalue weighted by molar-refractivity contribution is 6.07. The Bertz CT molecular complexity index is 1130. The van der Waals surface area contributed by atoms with Crippen molar-refractivity contribution in [2.45, 2.75) is 26.4 Å². The van der Waals surface area contributed by atoms with E-state index in [1.54, 1.807) is 6.21 Å². The quantitative estimate of drug-likeness (QED) is 0.366. The lowest BCUT2D eigenvalue weighted by Crippen LogP contribution is -2.30. The molecule has 2 amide bonds. The summed E-state index contributed by atoms with van der Waals surface area (Å²) in [7, 11) is 0. The number of rotatable bonds is 7. The third-order valence-corrected chi connectivity index (χ3v) is 7.66. The molecule has 2 bridgehead atoms. The van der Waals surface area contributed by atoms with E-state index in [9.17, 15) is 9.59 Å². The summed E-state index contributed by atoms with van der Waals surface area (Å²) in [5.41, 5.74) is 2.00. The summed E-state index contributed by atoms with van der Waals surface area (Å²) in [5, 5.41) is 5.41. The topological polar surface area (TPSA) is 68.2 Å². The van der Waals surface area contributed by atoms with Crippen LogP contribution in [0.4, 0.5) is 0 Å². The number of benzene rings is 2. The minimum absolute atomic E-state index is 0.155. The van der Waals surface area contributed by atoms with Gasteiger partial charge in [-0.15, -0.1) is 0 Å². The van der Waals surface area contributed by atoms with Gasteiger partial charge in [0, 0.05) is 0 Å². The van der Waals surface area contributed by atoms with Crippen molar-refractivity contribution in [3.05, 3.63) is 71.8 Å². The number of imide groups is 1. The lowest BCUT2D eigenvalue weighted by molar-refractivity contribution is -0.141. The monoisotopic (exact) mass is 442 g/mol. The van der Waals surface area contributed by atoms with Gasteiger partial charge in [0.05, 0.1) is 24.7 Å². The molecule has 3 aliphatic carbocycles. The molecule has 0 aromatic heterocycles. The van der Waals surface area contributed by atoms with Crippen molar-refractivity contribution in [2.24, 2.45) is 34.2 Å². The van der Waals surface area contributed by atoms with Crippen molar-refractivity contribution in [3.8, 4) is 11.5 Å². The molecule has 2 saturated carbocycles. The molecule has 4 atom stereocenters. The Hall–Kier alpha value is -3.41. The van der Waals surface area contributed by atoms with E-state index in [4.69, 9.17) is 9.47 Å². The van der Waals surface area contributed by atoms with Crippen LogP contribution < -0.4 is 9.47 Å². The van der Waals surface area contributed by atoms with Gasteiger partial charge < -0.3 is 9.47 Å². The van der Waals surface area contributed by atoms with Crippen molar-refractivity contribution in [1.29, 1.82) is 0 Å². The molecule has 33 heavy (non-hydrogen) atoms. The van der Waals surface area contributed by atoms with Crippen molar-refractivity contribution in [2.75, 3.05) is 6.61 Å². The molecule has 2 aromatic rings. The zero-order chi connectivity index (χ0) is 22.6. The average molecular weight is 443 g/mol. The molecule has 1 saturated heterocycles. The van der Waals surface area contributed by atoms with Crippen LogP contribution in [-0.2, 0) is 16.2 Å². The molecule has 0 radical (unpaired) electrons. The van der Waals surface area contributed by atoms with E-state index in [0.717, 1.165) is 29.0 Å². The Morgan fingerprint density at radius 3 is 2.30 bits per heavy atom. The number of hydrogen-bond donors (Lipinski definition) is 0. The number of carbonyl (C=O) groups excluding carboxylic acids is 2. The van der Waals surface area contributed by atoms with Crippen molar-refractivity contribution < 1.29 is 19.1 Å². The first-order chi connectivity index (χ1) is 16.1. The first-order valence-corrected chi connectivity index (χ1v) is 11.7. The van der Waals surface area contributed by atoms with Crippen molar-refractivity contribution in [1.82, 2.24) is 5.01 Å². The largest absolute Gasteiger partial charge is 0.490 e. The number of allylic oxidation sites excluding steroid dienone is 2. The number of ether oxygens (including phenoxy) is 2. The molecule has 2 aromatic carbocycles. The van der Waals surface area contributed by atoms with E-state index in [1.807, 2.05) is 55.5 Å². The molecular weight excluding hydrogens is 416 g/mol. The Labute approximate surface area is 192 Å². The van der Waals surface area contributed by atoms with Gasteiger partial charge >= 0.3 is 0 Å². The molecular formula is C27H26N2O4. The highest BCUT2D eigenvalue weighted by Crippen LogP contribution is 2.73. The molecule has 6 heteroatoms. The summed E-state index contributed by atoms with van der Waals surface area (Å²) in [6.45, 7) is 2.84. The first kappa shape index (κ1) is 20.2. The maximum absolute atomic E-state index is 13.1. The number of nitrogens with zero attached hydrogens (tertiary/aromatic N) is 2. The van der Waals surface area contributed by atoms with Crippen LogP contribution >= 0.6 is 0 Å². The number of carbonyl (C=O) groups is 2. The second kappa shape index (κ2) is 7.58. The SMILES string of the molecule is CCOc1cc(/C=N\N2C(=O)[C@@H]3[C@@H](C2=O)[C@H]2C=C[C@H]3C23CC3)ccc1OCc1ccccc1. The maximum Gasteiger partial charge on any atom is 0.254 e. The fourth-order valence-corrected chi connectivity index (χ4v) is 6.03. The normalized spacial score (nSPS) is 28.2. The van der Waals surface area contributed by atoms with Gasteiger partial charge in [0.15, 0.2) is 11.5 Å². The van der Waals surface area contributed by atoms with E-state index in [-0.39, 0.29) is 40.9 Å². The third kappa shape index (κ3) is 3.11. The summed E-state index contributed by atoms with van der Waals surface area (Å²) >= 11 is 0. The molecule has 4 aliphatic rings. The minimum Gasteiger partial charge on any atom is -0.490 e. The predicted molar refractivity (Wildman–Crippen MR) is 123 cm³/mol. The summed E-state index contributed by atoms with van der Waals surface area (Å²) in [6.07, 6.45) is 8.15. The van der Waals surface area contributed by atoms with E-state index >= 15 is 0 Å². The number of amides is 2. The van der Waals surface area contributed by atoms with Gasteiger partial charge in [0.2, 0.25) is 0 Å². The summed E-state index contributed by atoms with van der Waals surface area (Å²) in [5.74, 6) is 0.864. The number of fused-ring (bicyclic) bond motifs is 3. The summed E-state index contributed by atoms with van der Waals surface area (Å²) < 4.78 is 11.7. The zero-order valence-electron chi connectivity index (χ0n) is 18.5. The summed E-state index contributed by atoms with van der Waals surface area (Å²) in [6, 6.07) is 15.4. The fraction of sp³-hybridized carbons (Fsp3) is 0.370. The van der Waals surface area contributed by atoms with Crippen LogP contribution in [0.2, 0.25) is 0 Å². The second-order valence-corrected chi connectivity index (χ2v) is 9.37. The van der Waals surface area contributed by atoms with Crippen molar-refractivity contribution in [3.63, 3.8) is 0 Å². The Kier molecular flexibility index (Phi) is 4.64.